The summed E-state index contributed by atoms with van der Waals surface area (Å²) in [6, 6.07) is 62.5. The van der Waals surface area contributed by atoms with Crippen LogP contribution in [-0.2, 0) is 74.6 Å². The van der Waals surface area contributed by atoms with E-state index in [1.807, 2.05) is 133 Å². The number of fused-ring (bicyclic) bond motifs is 8. The molecule has 0 radical (unpaired) electrons. The van der Waals surface area contributed by atoms with E-state index in [9.17, 15) is 13.7 Å². The van der Waals surface area contributed by atoms with Crippen LogP contribution in [-0.4, -0.2) is 19.1 Å². The molecule has 2 aliphatic heterocycles. The maximum Gasteiger partial charge on any atom is 0.135 e. The van der Waals surface area contributed by atoms with Crippen molar-refractivity contribution in [2.24, 2.45) is 0 Å². The largest absolute Gasteiger partial charge is 0.493 e. The third kappa shape index (κ3) is 17.1. The van der Waals surface area contributed by atoms with E-state index in [-0.39, 0.29) is 137 Å². The van der Waals surface area contributed by atoms with E-state index in [0.717, 1.165) is 94.3 Å². The first-order valence-corrected chi connectivity index (χ1v) is 45.0. The number of aromatic nitrogens is 4. The van der Waals surface area contributed by atoms with E-state index < -0.39 is 167 Å². The predicted molar refractivity (Wildman–Crippen MR) is 564 cm³/mol. The van der Waals surface area contributed by atoms with Crippen molar-refractivity contribution in [1.82, 2.24) is 19.1 Å². The fourth-order valence-corrected chi connectivity index (χ4v) is 18.5. The molecule has 8 nitrogen and oxygen atoms in total. The maximum atomic E-state index is 9.49. The van der Waals surface area contributed by atoms with Gasteiger partial charge in [-0.3, -0.25) is 0 Å². The van der Waals surface area contributed by atoms with Crippen molar-refractivity contribution in [2.45, 2.75) is 157 Å². The molecule has 0 saturated heterocycles. The Bertz CT molecular complexity index is 9040. The van der Waals surface area contributed by atoms with Gasteiger partial charge in [0.05, 0.1) is 34.3 Å². The molecule has 21 rings (SSSR count). The molecule has 19 aromatic rings. The normalized spacial score (nSPS) is 15.6. The van der Waals surface area contributed by atoms with E-state index in [2.05, 4.69) is 208 Å². The molecular formula is C126H114N8Pt2-6. The van der Waals surface area contributed by atoms with Crippen LogP contribution in [0.15, 0.2) is 352 Å². The van der Waals surface area contributed by atoms with Gasteiger partial charge < -0.3 is 28.7 Å². The summed E-state index contributed by atoms with van der Waals surface area (Å²) in [7, 11) is 0. The molecule has 2 aliphatic rings. The second-order valence-electron chi connectivity index (χ2n) is 39.5. The van der Waals surface area contributed by atoms with Crippen molar-refractivity contribution in [3.05, 3.63) is 445 Å². The second-order valence-corrected chi connectivity index (χ2v) is 39.5. The van der Waals surface area contributed by atoms with Crippen molar-refractivity contribution in [3.63, 3.8) is 0 Å². The molecule has 136 heavy (non-hydrogen) atoms. The molecule has 0 saturated carbocycles. The first kappa shape index (κ1) is 67.1. The summed E-state index contributed by atoms with van der Waals surface area (Å²) in [5.74, 6) is 1.58. The Morgan fingerprint density at radius 1 is 0.287 bits per heavy atom. The van der Waals surface area contributed by atoms with Crippen molar-refractivity contribution < 1.29 is 76.4 Å². The second kappa shape index (κ2) is 36.4. The van der Waals surface area contributed by atoms with Gasteiger partial charge in [0.1, 0.15) is 11.6 Å². The van der Waals surface area contributed by atoms with Gasteiger partial charge in [-0.05, 0) is 191 Å². The Morgan fingerprint density at radius 3 is 1.05 bits per heavy atom. The number of nitrogens with zero attached hydrogens (tertiary/aromatic N) is 8. The average molecular weight is 2160 g/mol. The Labute approximate surface area is 868 Å². The number of hydrogen-bond acceptors (Lipinski definition) is 6. The molecule has 6 heterocycles. The molecule has 0 amide bonds. The van der Waals surface area contributed by atoms with Crippen LogP contribution in [0.1, 0.15) is 201 Å². The molecule has 0 N–H and O–H groups in total. The average Bonchev–Trinajstić information content (AvgIpc) is 1.13. The van der Waals surface area contributed by atoms with Crippen molar-refractivity contribution in [3.8, 4) is 67.3 Å². The van der Waals surface area contributed by atoms with Gasteiger partial charge in [0.15, 0.2) is 0 Å². The first-order valence-electron chi connectivity index (χ1n) is 57.5. The maximum absolute atomic E-state index is 9.49. The summed E-state index contributed by atoms with van der Waals surface area (Å²) in [5.41, 5.74) is 11.9. The van der Waals surface area contributed by atoms with Crippen LogP contribution < -0.4 is 19.6 Å². The first-order chi connectivity index (χ1) is 74.7. The standard InChI is InChI=1S/C63H53N4.C63H61N4.2Pt/c1-42-58(44-22-11-8-12-23-44)43(2)60(46-26-15-10-16-27-46)61(59(42)45-24-13-9-14-25-45)66-41-65(54-32-19-20-33-55(54)66)50-29-21-28-48(38-50)63(6,7)49-34-35-52-51-30-17-18-31-53(51)67(56(52)39-49)57-40-47(36-37-64-57)62(3,4)5;1-60(2,3)44-32-33-64-58(40-44)67-54-27-19-18-26-50(54)51-31-30-45(39-57(51)67)63(10,11)48-34-46(61(4,5)6)35-49(36-48)65-41-66(56-29-21-20-28-55(56)65)59-52(42-22-14-12-15-23-42)37-47(62(7,8)9)38-53(59)43-24-16-13-17-25-43;;/h8-37,40-41H,1-7H3;12-35,37-38,40-41H,1-11H3;;/q2*-3;;/i8D,9D,10D,11D,12D,13D,14D,15D,16D,22D,23D,24D,25D,26D,27D;12D,13D,14D,15D,16D,17D,22D,23D,24D,25D;;. The van der Waals surface area contributed by atoms with Gasteiger partial charge in [-0.15, -0.1) is 41.6 Å². The van der Waals surface area contributed by atoms with Crippen LogP contribution in [0.3, 0.4) is 0 Å². The van der Waals surface area contributed by atoms with E-state index >= 15 is 0 Å². The van der Waals surface area contributed by atoms with Crippen molar-refractivity contribution in [2.75, 3.05) is 19.6 Å². The molecule has 4 aromatic heterocycles. The molecule has 15 aromatic carbocycles. The van der Waals surface area contributed by atoms with E-state index in [4.69, 9.17) is 30.5 Å². The topological polar surface area (TPSA) is 48.6 Å². The van der Waals surface area contributed by atoms with Gasteiger partial charge in [-0.2, -0.15) is 101 Å². The summed E-state index contributed by atoms with van der Waals surface area (Å²) in [4.78, 5) is 17.2. The van der Waals surface area contributed by atoms with Crippen LogP contribution in [0, 0.1) is 51.5 Å². The Morgan fingerprint density at radius 2 is 0.632 bits per heavy atom. The van der Waals surface area contributed by atoms with Crippen molar-refractivity contribution in [1.29, 1.82) is 0 Å². The summed E-state index contributed by atoms with van der Waals surface area (Å²) >= 11 is 0. The third-order valence-corrected chi connectivity index (χ3v) is 26.0. The molecule has 0 unspecified atom stereocenters. The summed E-state index contributed by atoms with van der Waals surface area (Å²) in [6.45, 7) is 40.8. The quantitative estimate of drug-likeness (QED) is 0.0954. The van der Waals surface area contributed by atoms with Crippen molar-refractivity contribution >= 4 is 89.1 Å². The smallest absolute Gasteiger partial charge is 0.135 e. The monoisotopic (exact) mass is 2150 g/mol. The fourth-order valence-electron chi connectivity index (χ4n) is 18.5. The summed E-state index contributed by atoms with van der Waals surface area (Å²) < 4.78 is 230. The zero-order valence-corrected chi connectivity index (χ0v) is 83.5. The van der Waals surface area contributed by atoms with Crippen LogP contribution in [0.5, 0.6) is 0 Å². The molecule has 684 valence electrons. The Balaban J connectivity index is 0.000000205. The minimum atomic E-state index is -0.735. The predicted octanol–water partition coefficient (Wildman–Crippen LogP) is 33.2. The van der Waals surface area contributed by atoms with Gasteiger partial charge in [0.2, 0.25) is 0 Å². The number of rotatable bonds is 15. The SMILES string of the molecule is [2H]c1c([2H])c([2H])c(-c2c(C)c(-c3c([2H])c([2H])c([2H])c([2H])c3[2H])c(N3[CH-]N(c4[c-]c(C(C)(C)c5[c-]c6c(cc5)c5ccccc5n6-c5cc(C(C)(C)C)ccn5)ccc4)c4ccccc43)c(-c3c([2H])c([2H])c([2H])c([2H])c3[2H])c2C)c([2H])c1[2H].[2H]c1c([2H])c([2H])c(-c2cc(C(C)(C)C)cc(-c3c([2H])c([2H])c([2H])c([2H])c3[2H])c2N2[CH-]N(c3[c-]c(C(C)(C)c4[c-]c5c(cc4)c4ccccc4n5-c4cc(C(C)(C)C)ccn4)cc(C(C)(C)C)c3)c3ccccc32)c([2H])c1[2H].[Pt].[Pt]. The number of para-hydroxylation sites is 6. The van der Waals surface area contributed by atoms with Crippen LogP contribution in [0.2, 0.25) is 0 Å². The van der Waals surface area contributed by atoms with Crippen LogP contribution >= 0.6 is 0 Å². The number of hydrogen-bond donors (Lipinski definition) is 0. The van der Waals surface area contributed by atoms with Gasteiger partial charge >= 0.3 is 0 Å². The van der Waals surface area contributed by atoms with E-state index in [0.29, 0.717) is 34.0 Å². The zero-order chi connectivity index (χ0) is 115. The van der Waals surface area contributed by atoms with Gasteiger partial charge in [-0.25, -0.2) is 9.97 Å². The molecule has 0 aliphatic carbocycles. The summed E-state index contributed by atoms with van der Waals surface area (Å²) in [5, 5.41) is 4.22. The Kier molecular flexibility index (Phi) is 18.0. The fraction of sp³-hybridized carbons (Fsp3) is 0.190. The molecule has 0 bridgehead atoms. The van der Waals surface area contributed by atoms with Crippen LogP contribution in [0.25, 0.3) is 111 Å². The molecule has 10 heteroatoms. The Hall–Kier alpha value is -13.2. The van der Waals surface area contributed by atoms with E-state index in [1.165, 1.54) is 5.56 Å². The van der Waals surface area contributed by atoms with Gasteiger partial charge in [-0.1, -0.05) is 334 Å². The molecule has 0 spiro atoms. The van der Waals surface area contributed by atoms with Crippen LogP contribution in [0.4, 0.5) is 45.5 Å². The summed E-state index contributed by atoms with van der Waals surface area (Å²) in [6.07, 6.45) is 3.72. The van der Waals surface area contributed by atoms with Gasteiger partial charge in [0, 0.05) is 122 Å². The minimum Gasteiger partial charge on any atom is -0.493 e. The number of anilines is 8. The molecule has 0 fully saturated rings. The minimum absolute atomic E-state index is 0. The zero-order valence-electron chi connectivity index (χ0n) is 104. The molecule has 0 atom stereocenters. The number of benzene rings is 15. The third-order valence-electron chi connectivity index (χ3n) is 26.0. The van der Waals surface area contributed by atoms with E-state index in [1.54, 1.807) is 49.7 Å². The molecular weight excluding hydrogens is 2020 g/mol. The van der Waals surface area contributed by atoms with Gasteiger partial charge in [0.25, 0.3) is 0 Å². The number of pyridine rings is 2.